The number of benzene rings is 2. The van der Waals surface area contributed by atoms with Gasteiger partial charge in [-0.3, -0.25) is 0 Å². The molecule has 5 nitrogen and oxygen atoms in total. The Hall–Kier alpha value is -2.24. The van der Waals surface area contributed by atoms with E-state index in [1.54, 1.807) is 25.3 Å². The van der Waals surface area contributed by atoms with Gasteiger partial charge in [0.15, 0.2) is 12.4 Å². The zero-order chi connectivity index (χ0) is 16.2. The van der Waals surface area contributed by atoms with Gasteiger partial charge in [0.05, 0.1) is 22.7 Å². The summed E-state index contributed by atoms with van der Waals surface area (Å²) in [7, 11) is 1.59. The van der Waals surface area contributed by atoms with Crippen LogP contribution >= 0.6 is 23.2 Å². The van der Waals surface area contributed by atoms with Crippen LogP contribution in [-0.2, 0) is 6.61 Å². The van der Waals surface area contributed by atoms with Gasteiger partial charge in [0, 0.05) is 0 Å². The van der Waals surface area contributed by atoms with E-state index in [0.29, 0.717) is 33.3 Å². The van der Waals surface area contributed by atoms with Gasteiger partial charge in [-0.15, -0.1) is 0 Å². The lowest BCUT2D eigenvalue weighted by Crippen LogP contribution is -1.97. The van der Waals surface area contributed by atoms with Gasteiger partial charge in [-0.05, 0) is 24.3 Å². The van der Waals surface area contributed by atoms with Crippen molar-refractivity contribution in [1.29, 1.82) is 0 Å². The van der Waals surface area contributed by atoms with Crippen LogP contribution in [0.5, 0.6) is 11.5 Å². The zero-order valence-corrected chi connectivity index (χ0v) is 13.6. The van der Waals surface area contributed by atoms with Crippen LogP contribution in [0.3, 0.4) is 0 Å². The fourth-order valence-corrected chi connectivity index (χ4v) is 2.51. The Labute approximate surface area is 142 Å². The monoisotopic (exact) mass is 350 g/mol. The smallest absolute Gasteiger partial charge is 0.264 e. The maximum atomic E-state index is 6.04. The molecule has 3 rings (SSSR count). The van der Waals surface area contributed by atoms with Crippen molar-refractivity contribution in [3.8, 4) is 22.9 Å². The summed E-state index contributed by atoms with van der Waals surface area (Å²) in [5.74, 6) is 1.77. The second kappa shape index (κ2) is 6.89. The van der Waals surface area contributed by atoms with Crippen LogP contribution in [0, 0.1) is 0 Å². The van der Waals surface area contributed by atoms with Gasteiger partial charge < -0.3 is 14.0 Å². The van der Waals surface area contributed by atoms with Gasteiger partial charge >= 0.3 is 0 Å². The Kier molecular flexibility index (Phi) is 4.69. The van der Waals surface area contributed by atoms with Crippen LogP contribution in [0.25, 0.3) is 11.4 Å². The van der Waals surface area contributed by atoms with E-state index in [4.69, 9.17) is 37.2 Å². The van der Waals surface area contributed by atoms with Crippen molar-refractivity contribution in [2.45, 2.75) is 6.61 Å². The van der Waals surface area contributed by atoms with Gasteiger partial charge in [-0.25, -0.2) is 0 Å². The van der Waals surface area contributed by atoms with E-state index < -0.39 is 0 Å². The predicted molar refractivity (Wildman–Crippen MR) is 87.1 cm³/mol. The van der Waals surface area contributed by atoms with Crippen molar-refractivity contribution in [3.05, 3.63) is 58.4 Å². The predicted octanol–water partition coefficient (Wildman–Crippen LogP) is 4.63. The molecule has 0 aliphatic heterocycles. The topological polar surface area (TPSA) is 57.4 Å². The second-order valence-electron chi connectivity index (χ2n) is 4.55. The van der Waals surface area contributed by atoms with Gasteiger partial charge in [-0.1, -0.05) is 46.6 Å². The zero-order valence-electron chi connectivity index (χ0n) is 12.1. The lowest BCUT2D eigenvalue weighted by atomic mass is 10.2. The normalized spacial score (nSPS) is 10.6. The van der Waals surface area contributed by atoms with Crippen molar-refractivity contribution in [3.63, 3.8) is 0 Å². The van der Waals surface area contributed by atoms with Gasteiger partial charge in [0.2, 0.25) is 5.82 Å². The Morgan fingerprint density at radius 3 is 2.52 bits per heavy atom. The third kappa shape index (κ3) is 3.41. The number of nitrogens with zero attached hydrogens (tertiary/aromatic N) is 2. The molecule has 0 bridgehead atoms. The van der Waals surface area contributed by atoms with E-state index in [1.165, 1.54) is 0 Å². The number of hydrogen-bond donors (Lipinski definition) is 0. The highest BCUT2D eigenvalue weighted by molar-refractivity contribution is 6.37. The largest absolute Gasteiger partial charge is 0.496 e. The van der Waals surface area contributed by atoms with Crippen LogP contribution in [0.1, 0.15) is 5.89 Å². The van der Waals surface area contributed by atoms with Crippen molar-refractivity contribution in [2.24, 2.45) is 0 Å². The molecule has 0 fully saturated rings. The molecule has 0 radical (unpaired) electrons. The van der Waals surface area contributed by atoms with Crippen LogP contribution in [0.4, 0.5) is 0 Å². The summed E-state index contributed by atoms with van der Waals surface area (Å²) in [6, 6.07) is 12.5. The third-order valence-electron chi connectivity index (χ3n) is 3.07. The quantitative estimate of drug-likeness (QED) is 0.671. The highest BCUT2D eigenvalue weighted by atomic mass is 35.5. The summed E-state index contributed by atoms with van der Waals surface area (Å²) < 4.78 is 16.0. The lowest BCUT2D eigenvalue weighted by Gasteiger charge is -2.06. The van der Waals surface area contributed by atoms with E-state index in [2.05, 4.69) is 10.1 Å². The molecular weight excluding hydrogens is 339 g/mol. The van der Waals surface area contributed by atoms with Gasteiger partial charge in [-0.2, -0.15) is 4.98 Å². The van der Waals surface area contributed by atoms with Gasteiger partial charge in [0.25, 0.3) is 5.89 Å². The van der Waals surface area contributed by atoms with Crippen LogP contribution in [0.15, 0.2) is 47.0 Å². The molecule has 23 heavy (non-hydrogen) atoms. The summed E-state index contributed by atoms with van der Waals surface area (Å²) in [4.78, 5) is 4.29. The van der Waals surface area contributed by atoms with E-state index in [0.717, 1.165) is 5.56 Å². The van der Waals surface area contributed by atoms with Crippen LogP contribution in [0.2, 0.25) is 10.0 Å². The minimum absolute atomic E-state index is 0.0611. The molecule has 0 amide bonds. The highest BCUT2D eigenvalue weighted by Gasteiger charge is 2.14. The molecule has 0 saturated carbocycles. The minimum Gasteiger partial charge on any atom is -0.496 e. The second-order valence-corrected chi connectivity index (χ2v) is 5.37. The standard InChI is InChI=1S/C16H12Cl2N2O3/c1-21-13-8-3-2-5-10(13)16-19-14(23-20-16)9-22-15-11(17)6-4-7-12(15)18/h2-8H,9H2,1H3. The first-order valence-electron chi connectivity index (χ1n) is 6.72. The number of ether oxygens (including phenoxy) is 2. The Morgan fingerprint density at radius 2 is 1.78 bits per heavy atom. The van der Waals surface area contributed by atoms with Crippen molar-refractivity contribution in [1.82, 2.24) is 10.1 Å². The van der Waals surface area contributed by atoms with E-state index in [9.17, 15) is 0 Å². The minimum atomic E-state index is 0.0611. The Morgan fingerprint density at radius 1 is 1.04 bits per heavy atom. The molecule has 118 valence electrons. The first-order chi connectivity index (χ1) is 11.2. The number of para-hydroxylation sites is 2. The summed E-state index contributed by atoms with van der Waals surface area (Å²) >= 11 is 12.1. The molecule has 0 aliphatic rings. The maximum Gasteiger partial charge on any atom is 0.264 e. The lowest BCUT2D eigenvalue weighted by molar-refractivity contribution is 0.243. The fourth-order valence-electron chi connectivity index (χ4n) is 2.01. The number of halogens is 2. The molecule has 1 aromatic heterocycles. The summed E-state index contributed by atoms with van der Waals surface area (Å²) in [5.41, 5.74) is 0.737. The summed E-state index contributed by atoms with van der Waals surface area (Å²) in [6.45, 7) is 0.0611. The first-order valence-corrected chi connectivity index (χ1v) is 7.47. The summed E-state index contributed by atoms with van der Waals surface area (Å²) in [6.07, 6.45) is 0. The molecule has 0 saturated heterocycles. The van der Waals surface area contributed by atoms with Crippen molar-refractivity contribution in [2.75, 3.05) is 7.11 Å². The van der Waals surface area contributed by atoms with Gasteiger partial charge in [0.1, 0.15) is 5.75 Å². The Balaban J connectivity index is 1.78. The third-order valence-corrected chi connectivity index (χ3v) is 3.67. The molecule has 2 aromatic carbocycles. The molecule has 1 heterocycles. The van der Waals surface area contributed by atoms with Crippen molar-refractivity contribution >= 4 is 23.2 Å². The van der Waals surface area contributed by atoms with E-state index in [1.807, 2.05) is 24.3 Å². The molecule has 0 spiro atoms. The van der Waals surface area contributed by atoms with Crippen molar-refractivity contribution < 1.29 is 14.0 Å². The van der Waals surface area contributed by atoms with Crippen LogP contribution in [-0.4, -0.2) is 17.3 Å². The average molecular weight is 351 g/mol. The number of methoxy groups -OCH3 is 1. The molecular formula is C16H12Cl2N2O3. The molecule has 0 N–H and O–H groups in total. The fraction of sp³-hybridized carbons (Fsp3) is 0.125. The number of hydrogen-bond acceptors (Lipinski definition) is 5. The molecule has 0 aliphatic carbocycles. The Bertz CT molecular complexity index is 800. The number of rotatable bonds is 5. The summed E-state index contributed by atoms with van der Waals surface area (Å²) in [5, 5.41) is 4.78. The highest BCUT2D eigenvalue weighted by Crippen LogP contribution is 2.33. The molecule has 0 unspecified atom stereocenters. The van der Waals surface area contributed by atoms with E-state index in [-0.39, 0.29) is 6.61 Å². The van der Waals surface area contributed by atoms with Crippen LogP contribution < -0.4 is 9.47 Å². The SMILES string of the molecule is COc1ccccc1-c1noc(COc2c(Cl)cccc2Cl)n1. The molecule has 3 aromatic rings. The molecule has 7 heteroatoms. The molecule has 0 atom stereocenters. The number of aromatic nitrogens is 2. The average Bonchev–Trinajstić information content (AvgIpc) is 3.03. The van der Waals surface area contributed by atoms with E-state index >= 15 is 0 Å². The first kappa shape index (κ1) is 15.6. The maximum absolute atomic E-state index is 6.04.